The first-order valence-electron chi connectivity index (χ1n) is 7.80. The van der Waals surface area contributed by atoms with E-state index in [0.29, 0.717) is 31.3 Å². The first-order chi connectivity index (χ1) is 9.56. The third kappa shape index (κ3) is 2.68. The van der Waals surface area contributed by atoms with Crippen molar-refractivity contribution in [1.29, 1.82) is 0 Å². The standard InChI is InChI=1S/C15H24N2O3/c1-9-6-11(9)15(20)16-5-4-14(19)17-7-10-2-3-13(18)12(10)8-17/h9-13,18H,2-8H2,1H3,(H,16,20). The fourth-order valence-electron chi connectivity index (χ4n) is 3.71. The molecule has 0 spiro atoms. The van der Waals surface area contributed by atoms with Crippen LogP contribution < -0.4 is 5.32 Å². The summed E-state index contributed by atoms with van der Waals surface area (Å²) in [6.07, 6.45) is 3.04. The zero-order valence-electron chi connectivity index (χ0n) is 12.0. The summed E-state index contributed by atoms with van der Waals surface area (Å²) in [5.74, 6) is 1.64. The number of carbonyl (C=O) groups is 2. The minimum Gasteiger partial charge on any atom is -0.393 e. The van der Waals surface area contributed by atoms with Gasteiger partial charge in [0.05, 0.1) is 6.10 Å². The molecule has 5 unspecified atom stereocenters. The van der Waals surface area contributed by atoms with E-state index in [4.69, 9.17) is 0 Å². The fourth-order valence-corrected chi connectivity index (χ4v) is 3.71. The van der Waals surface area contributed by atoms with Crippen molar-refractivity contribution >= 4 is 11.8 Å². The number of fused-ring (bicyclic) bond motifs is 1. The second-order valence-electron chi connectivity index (χ2n) is 6.73. The van der Waals surface area contributed by atoms with Crippen LogP contribution in [0.2, 0.25) is 0 Å². The van der Waals surface area contributed by atoms with Gasteiger partial charge in [0.1, 0.15) is 0 Å². The van der Waals surface area contributed by atoms with Crippen molar-refractivity contribution < 1.29 is 14.7 Å². The van der Waals surface area contributed by atoms with Crippen molar-refractivity contribution in [1.82, 2.24) is 10.2 Å². The minimum absolute atomic E-state index is 0.0963. The molecule has 0 bridgehead atoms. The maximum atomic E-state index is 12.1. The number of amides is 2. The lowest BCUT2D eigenvalue weighted by Gasteiger charge is -2.18. The van der Waals surface area contributed by atoms with Crippen molar-refractivity contribution in [3.05, 3.63) is 0 Å². The number of likely N-dealkylation sites (tertiary alicyclic amines) is 1. The molecule has 3 rings (SSSR count). The third-order valence-electron chi connectivity index (χ3n) is 5.26. The van der Waals surface area contributed by atoms with Gasteiger partial charge in [0, 0.05) is 37.9 Å². The molecule has 1 heterocycles. The Morgan fingerprint density at radius 1 is 1.30 bits per heavy atom. The Hall–Kier alpha value is -1.10. The van der Waals surface area contributed by atoms with Crippen LogP contribution in [0, 0.1) is 23.7 Å². The van der Waals surface area contributed by atoms with Gasteiger partial charge in [-0.15, -0.1) is 0 Å². The van der Waals surface area contributed by atoms with E-state index >= 15 is 0 Å². The Balaban J connectivity index is 1.38. The molecule has 5 atom stereocenters. The van der Waals surface area contributed by atoms with Gasteiger partial charge in [-0.25, -0.2) is 0 Å². The summed E-state index contributed by atoms with van der Waals surface area (Å²) in [4.78, 5) is 25.6. The number of aliphatic hydroxyl groups is 1. The first kappa shape index (κ1) is 13.9. The van der Waals surface area contributed by atoms with Crippen LogP contribution in [0.3, 0.4) is 0 Å². The first-order valence-corrected chi connectivity index (χ1v) is 7.80. The molecule has 112 valence electrons. The highest BCUT2D eigenvalue weighted by Crippen LogP contribution is 2.38. The molecule has 2 saturated carbocycles. The van der Waals surface area contributed by atoms with E-state index in [2.05, 4.69) is 12.2 Å². The summed E-state index contributed by atoms with van der Waals surface area (Å²) >= 11 is 0. The number of nitrogens with zero attached hydrogens (tertiary/aromatic N) is 1. The largest absolute Gasteiger partial charge is 0.393 e. The molecular formula is C15H24N2O3. The molecule has 1 saturated heterocycles. The van der Waals surface area contributed by atoms with Gasteiger partial charge in [0.15, 0.2) is 0 Å². The molecular weight excluding hydrogens is 256 g/mol. The topological polar surface area (TPSA) is 69.6 Å². The monoisotopic (exact) mass is 280 g/mol. The zero-order chi connectivity index (χ0) is 14.3. The maximum Gasteiger partial charge on any atom is 0.224 e. The number of hydrogen-bond acceptors (Lipinski definition) is 3. The van der Waals surface area contributed by atoms with Gasteiger partial charge >= 0.3 is 0 Å². The molecule has 5 nitrogen and oxygen atoms in total. The van der Waals surface area contributed by atoms with Gasteiger partial charge in [-0.1, -0.05) is 6.92 Å². The molecule has 0 aromatic carbocycles. The Labute approximate surface area is 119 Å². The SMILES string of the molecule is CC1CC1C(=O)NCCC(=O)N1CC2CCC(O)C2C1. The molecule has 3 fully saturated rings. The summed E-state index contributed by atoms with van der Waals surface area (Å²) in [5, 5.41) is 12.7. The highest BCUT2D eigenvalue weighted by Gasteiger charge is 2.43. The van der Waals surface area contributed by atoms with Crippen LogP contribution in [0.25, 0.3) is 0 Å². The van der Waals surface area contributed by atoms with Crippen molar-refractivity contribution in [2.45, 2.75) is 38.7 Å². The predicted molar refractivity (Wildman–Crippen MR) is 73.7 cm³/mol. The van der Waals surface area contributed by atoms with Crippen LogP contribution in [0.4, 0.5) is 0 Å². The van der Waals surface area contributed by atoms with Crippen molar-refractivity contribution in [3.8, 4) is 0 Å². The number of rotatable bonds is 4. The van der Waals surface area contributed by atoms with E-state index < -0.39 is 0 Å². The maximum absolute atomic E-state index is 12.1. The summed E-state index contributed by atoms with van der Waals surface area (Å²) in [7, 11) is 0. The molecule has 0 aromatic heterocycles. The highest BCUT2D eigenvalue weighted by molar-refractivity contribution is 5.82. The van der Waals surface area contributed by atoms with E-state index in [9.17, 15) is 14.7 Å². The summed E-state index contributed by atoms with van der Waals surface area (Å²) < 4.78 is 0. The van der Waals surface area contributed by atoms with Crippen molar-refractivity contribution in [2.75, 3.05) is 19.6 Å². The second kappa shape index (κ2) is 5.35. The van der Waals surface area contributed by atoms with E-state index in [0.717, 1.165) is 25.8 Å². The van der Waals surface area contributed by atoms with Crippen LogP contribution >= 0.6 is 0 Å². The van der Waals surface area contributed by atoms with E-state index in [1.807, 2.05) is 4.90 Å². The number of carbonyl (C=O) groups excluding carboxylic acids is 2. The Kier molecular flexibility index (Phi) is 3.71. The van der Waals surface area contributed by atoms with E-state index in [-0.39, 0.29) is 29.8 Å². The Morgan fingerprint density at radius 2 is 2.05 bits per heavy atom. The normalized spacial score (nSPS) is 38.7. The molecule has 20 heavy (non-hydrogen) atoms. The average molecular weight is 280 g/mol. The number of hydrogen-bond donors (Lipinski definition) is 2. The van der Waals surface area contributed by atoms with Crippen LogP contribution in [0.15, 0.2) is 0 Å². The van der Waals surface area contributed by atoms with Gasteiger partial charge < -0.3 is 15.3 Å². The summed E-state index contributed by atoms with van der Waals surface area (Å²) in [5.41, 5.74) is 0. The van der Waals surface area contributed by atoms with Gasteiger partial charge in [-0.2, -0.15) is 0 Å². The van der Waals surface area contributed by atoms with Crippen LogP contribution in [-0.2, 0) is 9.59 Å². The highest BCUT2D eigenvalue weighted by atomic mass is 16.3. The molecule has 5 heteroatoms. The predicted octanol–water partition coefficient (Wildman–Crippen LogP) is 0.378. The molecule has 0 radical (unpaired) electrons. The lowest BCUT2D eigenvalue weighted by Crippen LogP contribution is -2.35. The van der Waals surface area contributed by atoms with Gasteiger partial charge in [0.2, 0.25) is 11.8 Å². The smallest absolute Gasteiger partial charge is 0.224 e. The van der Waals surface area contributed by atoms with E-state index in [1.165, 1.54) is 0 Å². The number of aliphatic hydroxyl groups excluding tert-OH is 1. The van der Waals surface area contributed by atoms with Crippen LogP contribution in [0.5, 0.6) is 0 Å². The van der Waals surface area contributed by atoms with Crippen molar-refractivity contribution in [2.24, 2.45) is 23.7 Å². The third-order valence-corrected chi connectivity index (χ3v) is 5.26. The van der Waals surface area contributed by atoms with Gasteiger partial charge in [-0.3, -0.25) is 9.59 Å². The number of nitrogens with one attached hydrogen (secondary N) is 1. The van der Waals surface area contributed by atoms with Gasteiger partial charge in [-0.05, 0) is 31.1 Å². The Bertz CT molecular complexity index is 412. The molecule has 2 N–H and O–H groups in total. The molecule has 2 amide bonds. The molecule has 3 aliphatic rings. The lowest BCUT2D eigenvalue weighted by atomic mass is 10.00. The second-order valence-corrected chi connectivity index (χ2v) is 6.73. The molecule has 2 aliphatic carbocycles. The van der Waals surface area contributed by atoms with Crippen LogP contribution in [-0.4, -0.2) is 47.6 Å². The fraction of sp³-hybridized carbons (Fsp3) is 0.867. The minimum atomic E-state index is -0.228. The van der Waals surface area contributed by atoms with Crippen LogP contribution in [0.1, 0.15) is 32.6 Å². The lowest BCUT2D eigenvalue weighted by molar-refractivity contribution is -0.130. The Morgan fingerprint density at radius 3 is 2.70 bits per heavy atom. The summed E-state index contributed by atoms with van der Waals surface area (Å²) in [6, 6.07) is 0. The molecule has 0 aromatic rings. The average Bonchev–Trinajstić information content (AvgIpc) is 2.85. The summed E-state index contributed by atoms with van der Waals surface area (Å²) in [6.45, 7) is 3.99. The van der Waals surface area contributed by atoms with Gasteiger partial charge in [0.25, 0.3) is 0 Å². The van der Waals surface area contributed by atoms with E-state index in [1.54, 1.807) is 0 Å². The van der Waals surface area contributed by atoms with Crippen molar-refractivity contribution in [3.63, 3.8) is 0 Å². The quantitative estimate of drug-likeness (QED) is 0.782. The zero-order valence-corrected chi connectivity index (χ0v) is 12.0. The molecule has 1 aliphatic heterocycles.